The summed E-state index contributed by atoms with van der Waals surface area (Å²) in [6.07, 6.45) is 7.26. The van der Waals surface area contributed by atoms with Crippen LogP contribution in [0.3, 0.4) is 0 Å². The number of phenolic OH excluding ortho intramolecular Hbond substituents is 1. The molecule has 110 valence electrons. The highest BCUT2D eigenvalue weighted by Gasteiger charge is 2.07. The van der Waals surface area contributed by atoms with Crippen LogP contribution in [0.25, 0.3) is 0 Å². The standard InChI is InChI=1S/C17H23BrO2/c1-12(2)6-5-7-13(3)8-9-14-10-17(20-4)15(18)11-16(14)19/h6,8,10-11,19H,5,7,9H2,1-4H3/b13-8+. The molecule has 0 saturated heterocycles. The summed E-state index contributed by atoms with van der Waals surface area (Å²) in [6, 6.07) is 3.56. The van der Waals surface area contributed by atoms with Crippen molar-refractivity contribution < 1.29 is 9.84 Å². The summed E-state index contributed by atoms with van der Waals surface area (Å²) < 4.78 is 6.02. The molecule has 0 fully saturated rings. The summed E-state index contributed by atoms with van der Waals surface area (Å²) >= 11 is 3.36. The lowest BCUT2D eigenvalue weighted by atomic mass is 10.1. The Labute approximate surface area is 130 Å². The second-order valence-electron chi connectivity index (χ2n) is 5.19. The number of phenols is 1. The maximum absolute atomic E-state index is 9.95. The molecule has 1 N–H and O–H groups in total. The minimum Gasteiger partial charge on any atom is -0.508 e. The lowest BCUT2D eigenvalue weighted by Gasteiger charge is -2.08. The van der Waals surface area contributed by atoms with Crippen LogP contribution in [-0.2, 0) is 6.42 Å². The topological polar surface area (TPSA) is 29.5 Å². The third-order valence-corrected chi connectivity index (χ3v) is 3.73. The Balaban J connectivity index is 2.71. The van der Waals surface area contributed by atoms with Crippen molar-refractivity contribution in [3.63, 3.8) is 0 Å². The van der Waals surface area contributed by atoms with E-state index < -0.39 is 0 Å². The van der Waals surface area contributed by atoms with Gasteiger partial charge in [-0.2, -0.15) is 0 Å². The SMILES string of the molecule is COc1cc(C/C=C(\C)CCC=C(C)C)c(O)cc1Br. The smallest absolute Gasteiger partial charge is 0.133 e. The molecule has 0 heterocycles. The predicted molar refractivity (Wildman–Crippen MR) is 88.5 cm³/mol. The molecule has 0 saturated carbocycles. The van der Waals surface area contributed by atoms with Crippen molar-refractivity contribution in [1.82, 2.24) is 0 Å². The molecule has 20 heavy (non-hydrogen) atoms. The van der Waals surface area contributed by atoms with E-state index in [4.69, 9.17) is 4.74 Å². The maximum atomic E-state index is 9.95. The number of methoxy groups -OCH3 is 1. The van der Waals surface area contributed by atoms with E-state index >= 15 is 0 Å². The van der Waals surface area contributed by atoms with Crippen molar-refractivity contribution >= 4 is 15.9 Å². The maximum Gasteiger partial charge on any atom is 0.133 e. The van der Waals surface area contributed by atoms with Crippen molar-refractivity contribution in [1.29, 1.82) is 0 Å². The highest BCUT2D eigenvalue weighted by molar-refractivity contribution is 9.10. The van der Waals surface area contributed by atoms with E-state index in [1.165, 1.54) is 11.1 Å². The minimum absolute atomic E-state index is 0.297. The summed E-state index contributed by atoms with van der Waals surface area (Å²) in [5, 5.41) is 9.95. The van der Waals surface area contributed by atoms with Crippen LogP contribution in [0.5, 0.6) is 11.5 Å². The molecular weight excluding hydrogens is 316 g/mol. The summed E-state index contributed by atoms with van der Waals surface area (Å²) in [5.74, 6) is 1.04. The van der Waals surface area contributed by atoms with Gasteiger partial charge in [0.25, 0.3) is 0 Å². The van der Waals surface area contributed by atoms with Crippen LogP contribution in [0.1, 0.15) is 39.2 Å². The van der Waals surface area contributed by atoms with Crippen LogP contribution in [0.4, 0.5) is 0 Å². The van der Waals surface area contributed by atoms with Crippen molar-refractivity contribution in [2.75, 3.05) is 7.11 Å². The molecule has 1 aromatic rings. The molecule has 1 aromatic carbocycles. The number of benzene rings is 1. The second-order valence-corrected chi connectivity index (χ2v) is 6.04. The Morgan fingerprint density at radius 2 is 1.95 bits per heavy atom. The summed E-state index contributed by atoms with van der Waals surface area (Å²) in [6.45, 7) is 6.36. The molecule has 0 aromatic heterocycles. The fraction of sp³-hybridized carbons (Fsp3) is 0.412. The van der Waals surface area contributed by atoms with Crippen LogP contribution in [-0.4, -0.2) is 12.2 Å². The average Bonchev–Trinajstić information content (AvgIpc) is 2.37. The first-order chi connectivity index (χ1) is 9.43. The highest BCUT2D eigenvalue weighted by Crippen LogP contribution is 2.32. The zero-order valence-electron chi connectivity index (χ0n) is 12.7. The van der Waals surface area contributed by atoms with Gasteiger partial charge in [0.05, 0.1) is 11.6 Å². The number of ether oxygens (including phenoxy) is 1. The van der Waals surface area contributed by atoms with Crippen molar-refractivity contribution in [2.45, 2.75) is 40.0 Å². The molecule has 0 radical (unpaired) electrons. The van der Waals surface area contributed by atoms with Gasteiger partial charge < -0.3 is 9.84 Å². The first kappa shape index (κ1) is 16.8. The molecule has 3 heteroatoms. The summed E-state index contributed by atoms with van der Waals surface area (Å²) in [4.78, 5) is 0. The van der Waals surface area contributed by atoms with Gasteiger partial charge in [-0.15, -0.1) is 0 Å². The minimum atomic E-state index is 0.297. The van der Waals surface area contributed by atoms with Gasteiger partial charge in [-0.05, 0) is 68.1 Å². The Hall–Kier alpha value is -1.22. The van der Waals surface area contributed by atoms with Gasteiger partial charge in [0, 0.05) is 5.56 Å². The first-order valence-corrected chi connectivity index (χ1v) is 7.57. The molecule has 0 spiro atoms. The van der Waals surface area contributed by atoms with E-state index in [1.807, 2.05) is 6.07 Å². The van der Waals surface area contributed by atoms with Crippen LogP contribution < -0.4 is 4.74 Å². The molecule has 0 aliphatic carbocycles. The third kappa shape index (κ3) is 5.41. The zero-order chi connectivity index (χ0) is 15.1. The first-order valence-electron chi connectivity index (χ1n) is 6.78. The van der Waals surface area contributed by atoms with Gasteiger partial charge in [-0.1, -0.05) is 23.3 Å². The Bertz CT molecular complexity index is 512. The molecule has 0 unspecified atom stereocenters. The van der Waals surface area contributed by atoms with Crippen molar-refractivity contribution in [2.24, 2.45) is 0 Å². The van der Waals surface area contributed by atoms with Crippen LogP contribution in [0, 0.1) is 0 Å². The number of halogens is 1. The quantitative estimate of drug-likeness (QED) is 0.703. The lowest BCUT2D eigenvalue weighted by Crippen LogP contribution is -1.90. The monoisotopic (exact) mass is 338 g/mol. The fourth-order valence-corrected chi connectivity index (χ4v) is 2.37. The average molecular weight is 339 g/mol. The number of allylic oxidation sites excluding steroid dienone is 4. The van der Waals surface area contributed by atoms with E-state index in [1.54, 1.807) is 13.2 Å². The molecule has 0 atom stereocenters. The van der Waals surface area contributed by atoms with Gasteiger partial charge >= 0.3 is 0 Å². The Morgan fingerprint density at radius 1 is 1.25 bits per heavy atom. The molecule has 0 aliphatic heterocycles. The lowest BCUT2D eigenvalue weighted by molar-refractivity contribution is 0.408. The van der Waals surface area contributed by atoms with Crippen LogP contribution in [0.2, 0.25) is 0 Å². The molecular formula is C17H23BrO2. The number of rotatable bonds is 6. The molecule has 2 nitrogen and oxygen atoms in total. The highest BCUT2D eigenvalue weighted by atomic mass is 79.9. The van der Waals surface area contributed by atoms with Crippen molar-refractivity contribution in [3.8, 4) is 11.5 Å². The van der Waals surface area contributed by atoms with E-state index in [0.29, 0.717) is 5.75 Å². The molecule has 0 bridgehead atoms. The normalized spacial score (nSPS) is 11.3. The Morgan fingerprint density at radius 3 is 2.55 bits per heavy atom. The molecule has 0 aliphatic rings. The second kappa shape index (κ2) is 8.15. The van der Waals surface area contributed by atoms with Gasteiger partial charge in [-0.3, -0.25) is 0 Å². The van der Waals surface area contributed by atoms with Gasteiger partial charge in [0.1, 0.15) is 11.5 Å². The molecule has 1 rings (SSSR count). The Kier molecular flexibility index (Phi) is 6.86. The summed E-state index contributed by atoms with van der Waals surface area (Å²) in [7, 11) is 1.63. The van der Waals surface area contributed by atoms with E-state index in [-0.39, 0.29) is 0 Å². The summed E-state index contributed by atoms with van der Waals surface area (Å²) in [5.41, 5.74) is 3.57. The van der Waals surface area contributed by atoms with Gasteiger partial charge in [0.2, 0.25) is 0 Å². The number of aromatic hydroxyl groups is 1. The third-order valence-electron chi connectivity index (χ3n) is 3.11. The van der Waals surface area contributed by atoms with E-state index in [0.717, 1.165) is 35.0 Å². The van der Waals surface area contributed by atoms with E-state index in [9.17, 15) is 5.11 Å². The zero-order valence-corrected chi connectivity index (χ0v) is 14.3. The van der Waals surface area contributed by atoms with E-state index in [2.05, 4.69) is 48.9 Å². The molecule has 0 amide bonds. The van der Waals surface area contributed by atoms with Crippen LogP contribution in [0.15, 0.2) is 39.9 Å². The number of hydrogen-bond donors (Lipinski definition) is 1. The largest absolute Gasteiger partial charge is 0.508 e. The number of hydrogen-bond acceptors (Lipinski definition) is 2. The van der Waals surface area contributed by atoms with Gasteiger partial charge in [-0.25, -0.2) is 0 Å². The van der Waals surface area contributed by atoms with Gasteiger partial charge in [0.15, 0.2) is 0 Å². The fourth-order valence-electron chi connectivity index (χ4n) is 1.88. The van der Waals surface area contributed by atoms with Crippen LogP contribution >= 0.6 is 15.9 Å². The predicted octanol–water partition coefficient (Wildman–Crippen LogP) is 5.40. The van der Waals surface area contributed by atoms with Crippen molar-refractivity contribution in [3.05, 3.63) is 45.5 Å².